The van der Waals surface area contributed by atoms with Gasteiger partial charge in [0.15, 0.2) is 5.65 Å². The van der Waals surface area contributed by atoms with Gasteiger partial charge in [0, 0.05) is 24.7 Å². The number of nitrogens with one attached hydrogen (secondary N) is 1. The zero-order valence-electron chi connectivity index (χ0n) is 6.20. The molecule has 0 fully saturated rings. The summed E-state index contributed by atoms with van der Waals surface area (Å²) in [7, 11) is 0. The highest BCUT2D eigenvalue weighted by Crippen LogP contribution is 1.93. The second-order valence-corrected chi connectivity index (χ2v) is 1.62. The van der Waals surface area contributed by atoms with E-state index in [1.54, 1.807) is 6.20 Å². The van der Waals surface area contributed by atoms with E-state index in [4.69, 9.17) is 0 Å². The molecule has 0 radical (unpaired) electrons. The molecule has 2 aromatic rings. The second-order valence-electron chi connectivity index (χ2n) is 1.62. The van der Waals surface area contributed by atoms with Crippen molar-refractivity contribution in [3.8, 4) is 0 Å². The molecule has 2 aromatic heterocycles. The second kappa shape index (κ2) is 3.06. The highest BCUT2D eigenvalue weighted by atomic mass is 15.2. The fraction of sp³-hybridized carbons (Fsp3) is 0.286. The van der Waals surface area contributed by atoms with Gasteiger partial charge in [0.25, 0.3) is 0 Å². The Bertz CT molecular complexity index is 230. The first-order valence-corrected chi connectivity index (χ1v) is 3.43. The Morgan fingerprint density at radius 1 is 1.50 bits per heavy atom. The first kappa shape index (κ1) is 6.86. The van der Waals surface area contributed by atoms with Crippen LogP contribution in [0.25, 0.3) is 5.65 Å². The minimum absolute atomic E-state index is 0.963. The van der Waals surface area contributed by atoms with Gasteiger partial charge < -0.3 is 5.10 Å². The quantitative estimate of drug-likeness (QED) is 0.589. The van der Waals surface area contributed by atoms with E-state index in [2.05, 4.69) is 10.1 Å². The first-order valence-electron chi connectivity index (χ1n) is 3.43. The third kappa shape index (κ3) is 1.03. The Morgan fingerprint density at radius 3 is 3.00 bits per heavy atom. The van der Waals surface area contributed by atoms with Crippen LogP contribution in [0, 0.1) is 0 Å². The summed E-state index contributed by atoms with van der Waals surface area (Å²) in [5, 5.41) is 2.95. The molecule has 0 atom stereocenters. The molecule has 0 spiro atoms. The van der Waals surface area contributed by atoms with Crippen LogP contribution in [0.15, 0.2) is 24.7 Å². The standard InChI is InChI=1S/C5H5N3.C2H6/c1-2-7-8-4-3-6-5(1)8;1-2/h1-4,7H;1-2H3. The van der Waals surface area contributed by atoms with E-state index in [0.29, 0.717) is 0 Å². The molecule has 0 saturated heterocycles. The Hall–Kier alpha value is -1.25. The van der Waals surface area contributed by atoms with E-state index < -0.39 is 0 Å². The van der Waals surface area contributed by atoms with Crippen molar-refractivity contribution in [1.82, 2.24) is 14.6 Å². The van der Waals surface area contributed by atoms with E-state index in [1.807, 2.05) is 36.8 Å². The van der Waals surface area contributed by atoms with Gasteiger partial charge in [-0.05, 0) is 0 Å². The van der Waals surface area contributed by atoms with E-state index in [1.165, 1.54) is 0 Å². The third-order valence-corrected chi connectivity index (χ3v) is 1.12. The summed E-state index contributed by atoms with van der Waals surface area (Å²) < 4.78 is 1.85. The van der Waals surface area contributed by atoms with Crippen LogP contribution in [-0.2, 0) is 0 Å². The molecule has 3 nitrogen and oxygen atoms in total. The van der Waals surface area contributed by atoms with Gasteiger partial charge in [-0.15, -0.1) is 0 Å². The maximum atomic E-state index is 4.01. The van der Waals surface area contributed by atoms with Gasteiger partial charge in [-0.3, -0.25) is 0 Å². The van der Waals surface area contributed by atoms with Crippen molar-refractivity contribution in [3.63, 3.8) is 0 Å². The number of imidazole rings is 1. The van der Waals surface area contributed by atoms with Gasteiger partial charge in [0.2, 0.25) is 0 Å². The molecule has 0 aliphatic carbocycles. The minimum atomic E-state index is 0.963. The summed E-state index contributed by atoms with van der Waals surface area (Å²) in [5.41, 5.74) is 0.963. The first-order chi connectivity index (χ1) is 4.97. The van der Waals surface area contributed by atoms with E-state index in [-0.39, 0.29) is 0 Å². The summed E-state index contributed by atoms with van der Waals surface area (Å²) in [6.07, 6.45) is 5.48. The molecular weight excluding hydrogens is 126 g/mol. The summed E-state index contributed by atoms with van der Waals surface area (Å²) in [4.78, 5) is 4.01. The summed E-state index contributed by atoms with van der Waals surface area (Å²) >= 11 is 0. The van der Waals surface area contributed by atoms with Crippen molar-refractivity contribution >= 4 is 5.65 Å². The Morgan fingerprint density at radius 2 is 2.30 bits per heavy atom. The lowest BCUT2D eigenvalue weighted by Gasteiger charge is -1.74. The molecule has 2 rings (SSSR count). The van der Waals surface area contributed by atoms with Crippen LogP contribution in [-0.4, -0.2) is 14.6 Å². The molecule has 2 heterocycles. The molecule has 0 bridgehead atoms. The minimum Gasteiger partial charge on any atom is -0.300 e. The molecule has 0 amide bonds. The Kier molecular flexibility index (Phi) is 2.10. The molecule has 54 valence electrons. The fourth-order valence-electron chi connectivity index (χ4n) is 0.740. The Labute approximate surface area is 59.7 Å². The topological polar surface area (TPSA) is 33.1 Å². The predicted octanol–water partition coefficient (Wildman–Crippen LogP) is 1.69. The summed E-state index contributed by atoms with van der Waals surface area (Å²) in [5.74, 6) is 0. The van der Waals surface area contributed by atoms with Gasteiger partial charge >= 0.3 is 0 Å². The number of aromatic amines is 1. The molecule has 0 aliphatic heterocycles. The van der Waals surface area contributed by atoms with Crippen LogP contribution in [0.3, 0.4) is 0 Å². The molecule has 0 aromatic carbocycles. The van der Waals surface area contributed by atoms with Crippen LogP contribution in [0.1, 0.15) is 13.8 Å². The van der Waals surface area contributed by atoms with Crippen molar-refractivity contribution in [2.24, 2.45) is 0 Å². The van der Waals surface area contributed by atoms with Gasteiger partial charge in [-0.25, -0.2) is 9.50 Å². The maximum absolute atomic E-state index is 4.01. The van der Waals surface area contributed by atoms with Crippen LogP contribution < -0.4 is 0 Å². The van der Waals surface area contributed by atoms with Gasteiger partial charge in [0.1, 0.15) is 0 Å². The number of H-pyrrole nitrogens is 1. The molecule has 0 saturated carbocycles. The highest BCUT2D eigenvalue weighted by Gasteiger charge is 1.87. The van der Waals surface area contributed by atoms with E-state index in [0.717, 1.165) is 5.65 Å². The zero-order chi connectivity index (χ0) is 7.40. The molecular formula is C7H11N3. The number of hydrogen-bond acceptors (Lipinski definition) is 1. The highest BCUT2D eigenvalue weighted by molar-refractivity contribution is 5.34. The normalized spacial score (nSPS) is 9.00. The smallest absolute Gasteiger partial charge is 0.152 e. The van der Waals surface area contributed by atoms with Gasteiger partial charge in [-0.1, -0.05) is 13.8 Å². The Balaban J connectivity index is 0.000000231. The monoisotopic (exact) mass is 137 g/mol. The van der Waals surface area contributed by atoms with E-state index >= 15 is 0 Å². The lowest BCUT2D eigenvalue weighted by atomic mass is 10.7. The zero-order valence-corrected chi connectivity index (χ0v) is 6.20. The number of aromatic nitrogens is 3. The van der Waals surface area contributed by atoms with Crippen molar-refractivity contribution in [1.29, 1.82) is 0 Å². The number of rotatable bonds is 0. The largest absolute Gasteiger partial charge is 0.300 e. The lowest BCUT2D eigenvalue weighted by Crippen LogP contribution is -1.75. The average Bonchev–Trinajstić information content (AvgIpc) is 2.49. The lowest BCUT2D eigenvalue weighted by molar-refractivity contribution is 0.973. The number of hydrogen-bond donors (Lipinski definition) is 1. The van der Waals surface area contributed by atoms with Crippen LogP contribution in [0.2, 0.25) is 0 Å². The summed E-state index contributed by atoms with van der Waals surface area (Å²) in [6.45, 7) is 4.00. The molecule has 1 N–H and O–H groups in total. The molecule has 0 aliphatic rings. The van der Waals surface area contributed by atoms with Gasteiger partial charge in [-0.2, -0.15) is 0 Å². The van der Waals surface area contributed by atoms with Crippen molar-refractivity contribution < 1.29 is 0 Å². The van der Waals surface area contributed by atoms with Crippen molar-refractivity contribution in [2.75, 3.05) is 0 Å². The van der Waals surface area contributed by atoms with Gasteiger partial charge in [0.05, 0.1) is 0 Å². The predicted molar refractivity (Wildman–Crippen MR) is 40.9 cm³/mol. The van der Waals surface area contributed by atoms with Crippen LogP contribution in [0.4, 0.5) is 0 Å². The van der Waals surface area contributed by atoms with Crippen molar-refractivity contribution in [3.05, 3.63) is 24.7 Å². The number of fused-ring (bicyclic) bond motifs is 1. The van der Waals surface area contributed by atoms with Crippen LogP contribution >= 0.6 is 0 Å². The molecule has 0 unspecified atom stereocenters. The average molecular weight is 137 g/mol. The fourth-order valence-corrected chi connectivity index (χ4v) is 0.740. The SMILES string of the molecule is CC.c1cn2[nH]ccc2n1. The summed E-state index contributed by atoms with van der Waals surface area (Å²) in [6, 6.07) is 1.92. The third-order valence-electron chi connectivity index (χ3n) is 1.12. The van der Waals surface area contributed by atoms with Crippen LogP contribution in [0.5, 0.6) is 0 Å². The van der Waals surface area contributed by atoms with Crippen molar-refractivity contribution in [2.45, 2.75) is 13.8 Å². The molecule has 3 heteroatoms. The maximum Gasteiger partial charge on any atom is 0.152 e. The molecule has 10 heavy (non-hydrogen) atoms. The van der Waals surface area contributed by atoms with E-state index in [9.17, 15) is 0 Å². The number of nitrogens with zero attached hydrogens (tertiary/aromatic N) is 2.